The standard InChI is InChI=1S/C21H20ClN5O/c1-3-9-27-12-16(19-20(27)13(2)10-18(22)26-19)17-7-8-23-21(25-17)24-14-5-4-6-15(28)11-14/h4-8,10-12,28H,3,9H2,1-2H3,(H,23,24,25). The Labute approximate surface area is 167 Å². The lowest BCUT2D eigenvalue weighted by Gasteiger charge is -2.06. The molecule has 28 heavy (non-hydrogen) atoms. The van der Waals surface area contributed by atoms with Crippen LogP contribution in [0, 0.1) is 6.92 Å². The van der Waals surface area contributed by atoms with E-state index in [4.69, 9.17) is 11.6 Å². The maximum absolute atomic E-state index is 9.64. The summed E-state index contributed by atoms with van der Waals surface area (Å²) in [6.07, 6.45) is 4.79. The van der Waals surface area contributed by atoms with Gasteiger partial charge in [-0.1, -0.05) is 24.6 Å². The van der Waals surface area contributed by atoms with Crippen molar-refractivity contribution in [2.45, 2.75) is 26.8 Å². The number of halogens is 1. The highest BCUT2D eigenvalue weighted by Crippen LogP contribution is 2.32. The number of aromatic hydroxyl groups is 1. The highest BCUT2D eigenvalue weighted by Gasteiger charge is 2.16. The Balaban J connectivity index is 1.80. The van der Waals surface area contributed by atoms with E-state index in [2.05, 4.69) is 38.0 Å². The van der Waals surface area contributed by atoms with Crippen LogP contribution in [-0.4, -0.2) is 24.6 Å². The molecule has 0 fully saturated rings. The molecule has 0 bridgehead atoms. The summed E-state index contributed by atoms with van der Waals surface area (Å²) in [6, 6.07) is 10.6. The van der Waals surface area contributed by atoms with Gasteiger partial charge < -0.3 is 15.0 Å². The average molecular weight is 394 g/mol. The summed E-state index contributed by atoms with van der Waals surface area (Å²) in [5.74, 6) is 0.622. The molecule has 4 aromatic rings. The van der Waals surface area contributed by atoms with Crippen LogP contribution in [0.5, 0.6) is 5.75 Å². The van der Waals surface area contributed by atoms with Crippen molar-refractivity contribution in [3.63, 3.8) is 0 Å². The van der Waals surface area contributed by atoms with Crippen molar-refractivity contribution in [1.29, 1.82) is 0 Å². The minimum atomic E-state index is 0.179. The zero-order valence-electron chi connectivity index (χ0n) is 15.6. The van der Waals surface area contributed by atoms with Gasteiger partial charge in [0.1, 0.15) is 10.9 Å². The van der Waals surface area contributed by atoms with E-state index >= 15 is 0 Å². The SMILES string of the molecule is CCCn1cc(-c2ccnc(Nc3cccc(O)c3)n2)c2nc(Cl)cc(C)c21. The smallest absolute Gasteiger partial charge is 0.227 e. The van der Waals surface area contributed by atoms with Gasteiger partial charge >= 0.3 is 0 Å². The van der Waals surface area contributed by atoms with Crippen LogP contribution in [0.15, 0.2) is 48.8 Å². The zero-order valence-corrected chi connectivity index (χ0v) is 16.4. The molecule has 3 heterocycles. The fourth-order valence-corrected chi connectivity index (χ4v) is 3.59. The number of phenolic OH excluding ortho intramolecular Hbond substituents is 1. The van der Waals surface area contributed by atoms with Crippen LogP contribution >= 0.6 is 11.6 Å². The quantitative estimate of drug-likeness (QED) is 0.449. The van der Waals surface area contributed by atoms with Gasteiger partial charge in [-0.3, -0.25) is 0 Å². The van der Waals surface area contributed by atoms with Gasteiger partial charge in [0.05, 0.1) is 16.7 Å². The van der Waals surface area contributed by atoms with Crippen molar-refractivity contribution in [3.8, 4) is 17.0 Å². The van der Waals surface area contributed by atoms with Crippen molar-refractivity contribution in [1.82, 2.24) is 19.5 Å². The molecule has 6 nitrogen and oxygen atoms in total. The van der Waals surface area contributed by atoms with Gasteiger partial charge in [-0.25, -0.2) is 15.0 Å². The second kappa shape index (κ2) is 7.48. The Hall–Kier alpha value is -3.12. The van der Waals surface area contributed by atoms with E-state index in [0.717, 1.165) is 40.8 Å². The largest absolute Gasteiger partial charge is 0.508 e. The molecular weight excluding hydrogens is 374 g/mol. The summed E-state index contributed by atoms with van der Waals surface area (Å²) in [5, 5.41) is 13.2. The maximum atomic E-state index is 9.64. The lowest BCUT2D eigenvalue weighted by atomic mass is 10.1. The molecule has 142 valence electrons. The summed E-state index contributed by atoms with van der Waals surface area (Å²) < 4.78 is 2.20. The predicted molar refractivity (Wildman–Crippen MR) is 112 cm³/mol. The van der Waals surface area contributed by atoms with E-state index in [1.54, 1.807) is 24.4 Å². The minimum absolute atomic E-state index is 0.179. The van der Waals surface area contributed by atoms with Crippen LogP contribution in [0.25, 0.3) is 22.3 Å². The Kier molecular flexibility index (Phi) is 4.88. The topological polar surface area (TPSA) is 75.9 Å². The van der Waals surface area contributed by atoms with Crippen LogP contribution in [0.3, 0.4) is 0 Å². The number of hydrogen-bond acceptors (Lipinski definition) is 5. The number of rotatable bonds is 5. The molecule has 7 heteroatoms. The van der Waals surface area contributed by atoms with Crippen LogP contribution < -0.4 is 5.32 Å². The number of pyridine rings is 1. The minimum Gasteiger partial charge on any atom is -0.508 e. The lowest BCUT2D eigenvalue weighted by molar-refractivity contribution is 0.475. The Bertz CT molecular complexity index is 1150. The van der Waals surface area contributed by atoms with Crippen molar-refractivity contribution >= 4 is 34.3 Å². The summed E-state index contributed by atoms with van der Waals surface area (Å²) in [4.78, 5) is 13.5. The molecule has 0 aliphatic rings. The summed E-state index contributed by atoms with van der Waals surface area (Å²) >= 11 is 6.23. The van der Waals surface area contributed by atoms with Crippen molar-refractivity contribution in [2.75, 3.05) is 5.32 Å². The molecule has 4 rings (SSSR count). The van der Waals surface area contributed by atoms with Crippen LogP contribution in [-0.2, 0) is 6.54 Å². The number of nitrogens with zero attached hydrogens (tertiary/aromatic N) is 4. The van der Waals surface area contributed by atoms with Gasteiger partial charge in [-0.15, -0.1) is 0 Å². The van der Waals surface area contributed by atoms with E-state index in [0.29, 0.717) is 16.8 Å². The molecule has 3 aromatic heterocycles. The number of benzene rings is 1. The first-order chi connectivity index (χ1) is 13.5. The van der Waals surface area contributed by atoms with Gasteiger partial charge in [-0.2, -0.15) is 0 Å². The third kappa shape index (κ3) is 3.51. The summed E-state index contributed by atoms with van der Waals surface area (Å²) in [7, 11) is 0. The molecular formula is C21H20ClN5O. The van der Waals surface area contributed by atoms with Crippen LogP contribution in [0.1, 0.15) is 18.9 Å². The molecule has 0 radical (unpaired) electrons. The fraction of sp³-hybridized carbons (Fsp3) is 0.190. The number of nitrogens with one attached hydrogen (secondary N) is 1. The molecule has 0 unspecified atom stereocenters. The first-order valence-electron chi connectivity index (χ1n) is 9.10. The summed E-state index contributed by atoms with van der Waals surface area (Å²) in [5.41, 5.74) is 5.37. The fourth-order valence-electron chi connectivity index (χ4n) is 3.34. The molecule has 0 amide bonds. The normalized spacial score (nSPS) is 11.1. The van der Waals surface area contributed by atoms with Crippen molar-refractivity contribution in [3.05, 3.63) is 59.5 Å². The number of phenols is 1. The number of fused-ring (bicyclic) bond motifs is 1. The number of aryl methyl sites for hydroxylation is 2. The van der Waals surface area contributed by atoms with E-state index in [1.807, 2.05) is 25.1 Å². The molecule has 2 N–H and O–H groups in total. The van der Waals surface area contributed by atoms with Gasteiger partial charge in [0.15, 0.2) is 0 Å². The average Bonchev–Trinajstić information content (AvgIpc) is 3.01. The Morgan fingerprint density at radius 1 is 1.18 bits per heavy atom. The van der Waals surface area contributed by atoms with Gasteiger partial charge in [-0.05, 0) is 43.2 Å². The molecule has 0 aliphatic carbocycles. The van der Waals surface area contributed by atoms with Crippen molar-refractivity contribution < 1.29 is 5.11 Å². The Morgan fingerprint density at radius 2 is 2.04 bits per heavy atom. The van der Waals surface area contributed by atoms with Crippen LogP contribution in [0.2, 0.25) is 5.15 Å². The van der Waals surface area contributed by atoms with E-state index in [9.17, 15) is 5.11 Å². The van der Waals surface area contributed by atoms with Crippen molar-refractivity contribution in [2.24, 2.45) is 0 Å². The highest BCUT2D eigenvalue weighted by atomic mass is 35.5. The van der Waals surface area contributed by atoms with Gasteiger partial charge in [0.2, 0.25) is 5.95 Å². The van der Waals surface area contributed by atoms with E-state index < -0.39 is 0 Å². The molecule has 0 spiro atoms. The van der Waals surface area contributed by atoms with Gasteiger partial charge in [0.25, 0.3) is 0 Å². The van der Waals surface area contributed by atoms with E-state index in [1.165, 1.54) is 0 Å². The first-order valence-corrected chi connectivity index (χ1v) is 9.48. The zero-order chi connectivity index (χ0) is 19.7. The lowest BCUT2D eigenvalue weighted by Crippen LogP contribution is -1.97. The number of aromatic nitrogens is 4. The summed E-state index contributed by atoms with van der Waals surface area (Å²) in [6.45, 7) is 5.08. The number of hydrogen-bond donors (Lipinski definition) is 2. The second-order valence-corrected chi connectivity index (χ2v) is 7.02. The maximum Gasteiger partial charge on any atom is 0.227 e. The highest BCUT2D eigenvalue weighted by molar-refractivity contribution is 6.30. The van der Waals surface area contributed by atoms with Crippen LogP contribution in [0.4, 0.5) is 11.6 Å². The monoisotopic (exact) mass is 393 g/mol. The molecule has 0 aliphatic heterocycles. The molecule has 0 saturated carbocycles. The first kappa shape index (κ1) is 18.3. The predicted octanol–water partition coefficient (Wildman–Crippen LogP) is 5.31. The molecule has 1 aromatic carbocycles. The second-order valence-electron chi connectivity index (χ2n) is 6.64. The third-order valence-corrected chi connectivity index (χ3v) is 4.67. The molecule has 0 atom stereocenters. The third-order valence-electron chi connectivity index (χ3n) is 4.48. The Morgan fingerprint density at radius 3 is 2.82 bits per heavy atom. The van der Waals surface area contributed by atoms with E-state index in [-0.39, 0.29) is 5.75 Å². The molecule has 0 saturated heterocycles. The number of anilines is 2. The van der Waals surface area contributed by atoms with Gasteiger partial charge in [0, 0.05) is 36.3 Å².